The summed E-state index contributed by atoms with van der Waals surface area (Å²) in [6.07, 6.45) is 3.94. The molecule has 0 aliphatic rings. The van der Waals surface area contributed by atoms with Crippen LogP contribution in [0.15, 0.2) is 24.3 Å². The number of hydrogen-bond donors (Lipinski definition) is 4. The van der Waals surface area contributed by atoms with E-state index in [1.165, 1.54) is 0 Å². The number of unbranched alkanes of at least 4 members (excludes halogenated alkanes) is 1. The highest BCUT2D eigenvalue weighted by Gasteiger charge is 2.09. The number of carboxylic acid groups (broad SMARTS) is 1. The van der Waals surface area contributed by atoms with E-state index < -0.39 is 22.1 Å². The first kappa shape index (κ1) is 23.3. The smallest absolute Gasteiger partial charge is 0.320 e. The van der Waals surface area contributed by atoms with Gasteiger partial charge in [0.05, 0.1) is 6.26 Å². The van der Waals surface area contributed by atoms with Gasteiger partial charge in [0.2, 0.25) is 0 Å². The van der Waals surface area contributed by atoms with Gasteiger partial charge in [0.15, 0.2) is 0 Å². The number of nitrogens with two attached hydrogens (primary N) is 3. The monoisotopic (exact) mass is 375 g/mol. The van der Waals surface area contributed by atoms with Crippen molar-refractivity contribution in [3.8, 4) is 5.75 Å². The van der Waals surface area contributed by atoms with Gasteiger partial charge >= 0.3 is 16.1 Å². The lowest BCUT2D eigenvalue weighted by molar-refractivity contribution is -0.138. The lowest BCUT2D eigenvalue weighted by Gasteiger charge is -2.06. The van der Waals surface area contributed by atoms with E-state index in [1.807, 2.05) is 19.1 Å². The van der Waals surface area contributed by atoms with Crippen LogP contribution in [-0.4, -0.2) is 44.4 Å². The number of rotatable bonds is 9. The Hall–Kier alpha value is -1.68. The van der Waals surface area contributed by atoms with Crippen LogP contribution >= 0.6 is 0 Å². The van der Waals surface area contributed by atoms with Crippen LogP contribution in [0.1, 0.15) is 31.7 Å². The third kappa shape index (κ3) is 13.3. The maximum atomic E-state index is 10.8. The van der Waals surface area contributed by atoms with Crippen molar-refractivity contribution in [2.24, 2.45) is 17.2 Å². The standard InChI is InChI=1S/C10H15NO3S.C6H14N2O2/c1-8(11)7-9-3-5-10(6-4-9)14-15(2,12)13;7-4-2-1-3-5(8)6(9)10/h3-6,8H,7,11H2,1-2H3;5H,1-4,7-8H2,(H,9,10)/t;5-/m.0/s1. The van der Waals surface area contributed by atoms with Crippen molar-refractivity contribution in [2.75, 3.05) is 12.8 Å². The maximum Gasteiger partial charge on any atom is 0.320 e. The molecule has 0 radical (unpaired) electrons. The SMILES string of the molecule is CC(N)Cc1ccc(OS(C)(=O)=O)cc1.NCCCC[C@H](N)C(=O)O. The highest BCUT2D eigenvalue weighted by Crippen LogP contribution is 2.14. The molecule has 2 atom stereocenters. The van der Waals surface area contributed by atoms with Gasteiger partial charge < -0.3 is 26.5 Å². The third-order valence-corrected chi connectivity index (χ3v) is 3.51. The molecule has 1 unspecified atom stereocenters. The van der Waals surface area contributed by atoms with E-state index in [2.05, 4.69) is 0 Å². The van der Waals surface area contributed by atoms with Crippen LogP contribution in [0.25, 0.3) is 0 Å². The molecule has 0 amide bonds. The van der Waals surface area contributed by atoms with Crippen molar-refractivity contribution in [3.63, 3.8) is 0 Å². The predicted molar refractivity (Wildman–Crippen MR) is 97.8 cm³/mol. The first-order chi connectivity index (χ1) is 11.5. The van der Waals surface area contributed by atoms with Gasteiger partial charge in [-0.25, -0.2) is 0 Å². The van der Waals surface area contributed by atoms with E-state index in [1.54, 1.807) is 12.1 Å². The molecule has 8 nitrogen and oxygen atoms in total. The average molecular weight is 375 g/mol. The minimum atomic E-state index is -3.44. The zero-order valence-corrected chi connectivity index (χ0v) is 15.5. The molecule has 1 aromatic carbocycles. The molecule has 25 heavy (non-hydrogen) atoms. The second-order valence-corrected chi connectivity index (χ2v) is 7.42. The Balaban J connectivity index is 0.000000504. The fourth-order valence-corrected chi connectivity index (χ4v) is 2.32. The first-order valence-electron chi connectivity index (χ1n) is 7.97. The second-order valence-electron chi connectivity index (χ2n) is 5.84. The molecule has 1 aromatic rings. The average Bonchev–Trinajstić information content (AvgIpc) is 2.48. The topological polar surface area (TPSA) is 159 Å². The number of carbonyl (C=O) groups is 1. The highest BCUT2D eigenvalue weighted by molar-refractivity contribution is 7.86. The Morgan fingerprint density at radius 3 is 2.16 bits per heavy atom. The molecule has 0 aliphatic heterocycles. The van der Waals surface area contributed by atoms with Crippen molar-refractivity contribution >= 4 is 16.1 Å². The summed E-state index contributed by atoms with van der Waals surface area (Å²) in [6, 6.07) is 6.24. The van der Waals surface area contributed by atoms with Crippen LogP contribution in [0.2, 0.25) is 0 Å². The van der Waals surface area contributed by atoms with E-state index in [4.69, 9.17) is 26.5 Å². The summed E-state index contributed by atoms with van der Waals surface area (Å²) in [5.41, 5.74) is 17.1. The number of aliphatic carboxylic acids is 1. The zero-order valence-electron chi connectivity index (χ0n) is 14.7. The fraction of sp³-hybridized carbons (Fsp3) is 0.562. The normalized spacial score (nSPS) is 13.3. The molecule has 7 N–H and O–H groups in total. The number of benzene rings is 1. The van der Waals surface area contributed by atoms with Gasteiger partial charge in [-0.1, -0.05) is 18.6 Å². The maximum absolute atomic E-state index is 10.8. The minimum absolute atomic E-state index is 0.0895. The summed E-state index contributed by atoms with van der Waals surface area (Å²) in [7, 11) is -3.44. The summed E-state index contributed by atoms with van der Waals surface area (Å²) >= 11 is 0. The Morgan fingerprint density at radius 1 is 1.20 bits per heavy atom. The molecule has 144 valence electrons. The molecular weight excluding hydrogens is 346 g/mol. The van der Waals surface area contributed by atoms with Crippen molar-refractivity contribution in [1.29, 1.82) is 0 Å². The van der Waals surface area contributed by atoms with Crippen LogP contribution in [0, 0.1) is 0 Å². The summed E-state index contributed by atoms with van der Waals surface area (Å²) in [5, 5.41) is 8.33. The minimum Gasteiger partial charge on any atom is -0.480 e. The van der Waals surface area contributed by atoms with Crippen LogP contribution in [0.3, 0.4) is 0 Å². The van der Waals surface area contributed by atoms with Crippen LogP contribution in [-0.2, 0) is 21.3 Å². The molecule has 0 heterocycles. The van der Waals surface area contributed by atoms with Crippen molar-refractivity contribution in [1.82, 2.24) is 0 Å². The van der Waals surface area contributed by atoms with Crippen molar-refractivity contribution in [3.05, 3.63) is 29.8 Å². The summed E-state index contributed by atoms with van der Waals surface area (Å²) in [5.74, 6) is -0.608. The first-order valence-corrected chi connectivity index (χ1v) is 9.79. The molecule has 9 heteroatoms. The number of carboxylic acids is 1. The molecule has 0 saturated heterocycles. The van der Waals surface area contributed by atoms with Gasteiger partial charge in [-0.2, -0.15) is 8.42 Å². The van der Waals surface area contributed by atoms with Gasteiger partial charge in [0.25, 0.3) is 0 Å². The van der Waals surface area contributed by atoms with Gasteiger partial charge in [0, 0.05) is 6.04 Å². The Labute approximate surface area is 149 Å². The molecule has 0 spiro atoms. The Morgan fingerprint density at radius 2 is 1.76 bits per heavy atom. The molecule has 0 aromatic heterocycles. The van der Waals surface area contributed by atoms with Gasteiger partial charge in [-0.15, -0.1) is 0 Å². The van der Waals surface area contributed by atoms with Gasteiger partial charge in [-0.3, -0.25) is 4.79 Å². The summed E-state index contributed by atoms with van der Waals surface area (Å²) in [4.78, 5) is 10.1. The van der Waals surface area contributed by atoms with Crippen LogP contribution < -0.4 is 21.4 Å². The van der Waals surface area contributed by atoms with Gasteiger partial charge in [-0.05, 0) is 50.4 Å². The van der Waals surface area contributed by atoms with Crippen LogP contribution in [0.4, 0.5) is 0 Å². The zero-order chi connectivity index (χ0) is 19.5. The predicted octanol–water partition coefficient (Wildman–Crippen LogP) is 0.442. The summed E-state index contributed by atoms with van der Waals surface area (Å²) in [6.45, 7) is 2.52. The fourth-order valence-electron chi connectivity index (χ4n) is 1.86. The Bertz CT molecular complexity index is 603. The third-order valence-electron chi connectivity index (χ3n) is 3.02. The lowest BCUT2D eigenvalue weighted by atomic mass is 10.1. The molecule has 0 saturated carbocycles. The van der Waals surface area contributed by atoms with Crippen molar-refractivity contribution in [2.45, 2.75) is 44.7 Å². The number of hydrogen-bond acceptors (Lipinski definition) is 7. The van der Waals surface area contributed by atoms with E-state index in [9.17, 15) is 13.2 Å². The van der Waals surface area contributed by atoms with Gasteiger partial charge in [0.1, 0.15) is 11.8 Å². The van der Waals surface area contributed by atoms with E-state index >= 15 is 0 Å². The van der Waals surface area contributed by atoms with Crippen molar-refractivity contribution < 1.29 is 22.5 Å². The molecule has 1 rings (SSSR count). The Kier molecular flexibility index (Phi) is 11.0. The molecular formula is C16H29N3O5S. The lowest BCUT2D eigenvalue weighted by Crippen LogP contribution is -2.29. The second kappa shape index (κ2) is 11.8. The summed E-state index contributed by atoms with van der Waals surface area (Å²) < 4.78 is 26.3. The molecule has 0 aliphatic carbocycles. The van der Waals surface area contributed by atoms with E-state index in [-0.39, 0.29) is 6.04 Å². The van der Waals surface area contributed by atoms with Crippen LogP contribution in [0.5, 0.6) is 5.75 Å². The quantitative estimate of drug-likeness (QED) is 0.357. The molecule has 0 bridgehead atoms. The van der Waals surface area contributed by atoms with E-state index in [0.717, 1.165) is 31.1 Å². The highest BCUT2D eigenvalue weighted by atomic mass is 32.2. The molecule has 0 fully saturated rings. The largest absolute Gasteiger partial charge is 0.480 e. The van der Waals surface area contributed by atoms with E-state index in [0.29, 0.717) is 18.7 Å².